The van der Waals surface area contributed by atoms with Crippen LogP contribution in [0.3, 0.4) is 0 Å². The summed E-state index contributed by atoms with van der Waals surface area (Å²) in [7, 11) is 0. The largest absolute Gasteiger partial charge is 0.481 e. The van der Waals surface area contributed by atoms with Gasteiger partial charge < -0.3 is 10.0 Å². The molecule has 1 amide bonds. The molecule has 2 rings (SSSR count). The molecule has 1 saturated heterocycles. The molecule has 5 heteroatoms. The lowest BCUT2D eigenvalue weighted by molar-refractivity contribution is -0.148. The molecule has 0 saturated carbocycles. The van der Waals surface area contributed by atoms with E-state index in [1.165, 1.54) is 12.1 Å². The molecule has 0 aromatic heterocycles. The van der Waals surface area contributed by atoms with Crippen molar-refractivity contribution in [3.8, 4) is 0 Å². The topological polar surface area (TPSA) is 57.6 Å². The number of carboxylic acid groups (broad SMARTS) is 1. The number of hydrogen-bond acceptors (Lipinski definition) is 2. The Hall–Kier alpha value is -1.91. The Balaban J connectivity index is 1.94. The number of carboxylic acids is 1. The lowest BCUT2D eigenvalue weighted by Gasteiger charge is -2.38. The van der Waals surface area contributed by atoms with Gasteiger partial charge in [-0.25, -0.2) is 4.39 Å². The standard InChI is InChI=1S/C18H24FNO3/c1-12(6-8-14-4-3-5-16(19)10-14)17(21)20-11-15(18(22)23)9-7-13(20)2/h3-5,10,12-13,15H,6-9,11H2,1-2H3,(H,22,23). The first-order chi connectivity index (χ1) is 10.9. The van der Waals surface area contributed by atoms with Crippen molar-refractivity contribution >= 4 is 11.9 Å². The van der Waals surface area contributed by atoms with Crippen molar-refractivity contribution in [1.29, 1.82) is 0 Å². The SMILES string of the molecule is CC(CCc1cccc(F)c1)C(=O)N1CC(C(=O)O)CCC1C. The fourth-order valence-corrected chi connectivity index (χ4v) is 3.10. The third kappa shape index (κ3) is 4.53. The number of hydrogen-bond donors (Lipinski definition) is 1. The fraction of sp³-hybridized carbons (Fsp3) is 0.556. The van der Waals surface area contributed by atoms with Crippen molar-refractivity contribution in [3.05, 3.63) is 35.6 Å². The summed E-state index contributed by atoms with van der Waals surface area (Å²) in [5.41, 5.74) is 0.875. The summed E-state index contributed by atoms with van der Waals surface area (Å²) >= 11 is 0. The van der Waals surface area contributed by atoms with E-state index in [0.717, 1.165) is 12.0 Å². The van der Waals surface area contributed by atoms with Crippen LogP contribution in [0.1, 0.15) is 38.7 Å². The number of amides is 1. The third-order valence-corrected chi connectivity index (χ3v) is 4.69. The minimum atomic E-state index is -0.831. The smallest absolute Gasteiger partial charge is 0.308 e. The highest BCUT2D eigenvalue weighted by atomic mass is 19.1. The number of aryl methyl sites for hydroxylation is 1. The molecule has 1 aliphatic heterocycles. The van der Waals surface area contributed by atoms with Gasteiger partial charge in [0.15, 0.2) is 0 Å². The Morgan fingerprint density at radius 1 is 1.39 bits per heavy atom. The van der Waals surface area contributed by atoms with Crippen molar-refractivity contribution in [2.75, 3.05) is 6.54 Å². The van der Waals surface area contributed by atoms with E-state index in [4.69, 9.17) is 5.11 Å². The van der Waals surface area contributed by atoms with Crippen LogP contribution in [-0.2, 0) is 16.0 Å². The molecule has 1 aromatic rings. The van der Waals surface area contributed by atoms with E-state index in [-0.39, 0.29) is 23.7 Å². The first kappa shape index (κ1) is 17.4. The second kappa shape index (κ2) is 7.57. The highest BCUT2D eigenvalue weighted by molar-refractivity contribution is 5.80. The second-order valence-corrected chi connectivity index (χ2v) is 6.52. The molecule has 1 heterocycles. The fourth-order valence-electron chi connectivity index (χ4n) is 3.10. The molecule has 1 N–H and O–H groups in total. The Kier molecular flexibility index (Phi) is 5.74. The Bertz CT molecular complexity index is 575. The Labute approximate surface area is 136 Å². The summed E-state index contributed by atoms with van der Waals surface area (Å²) in [5.74, 6) is -1.77. The van der Waals surface area contributed by atoms with Crippen molar-refractivity contribution in [2.24, 2.45) is 11.8 Å². The normalized spacial score (nSPS) is 22.7. The van der Waals surface area contributed by atoms with Gasteiger partial charge in [0.05, 0.1) is 5.92 Å². The minimum Gasteiger partial charge on any atom is -0.481 e. The molecule has 23 heavy (non-hydrogen) atoms. The predicted molar refractivity (Wildman–Crippen MR) is 85.4 cm³/mol. The Morgan fingerprint density at radius 2 is 2.13 bits per heavy atom. The summed E-state index contributed by atoms with van der Waals surface area (Å²) in [4.78, 5) is 25.5. The molecule has 0 spiro atoms. The lowest BCUT2D eigenvalue weighted by atomic mass is 9.91. The van der Waals surface area contributed by atoms with E-state index in [1.54, 1.807) is 11.0 Å². The van der Waals surface area contributed by atoms with Crippen LogP contribution in [0.2, 0.25) is 0 Å². The van der Waals surface area contributed by atoms with Crippen LogP contribution in [0.4, 0.5) is 4.39 Å². The highest BCUT2D eigenvalue weighted by Crippen LogP contribution is 2.25. The van der Waals surface area contributed by atoms with Gasteiger partial charge in [0.25, 0.3) is 0 Å². The van der Waals surface area contributed by atoms with Crippen LogP contribution >= 0.6 is 0 Å². The zero-order valence-corrected chi connectivity index (χ0v) is 13.7. The van der Waals surface area contributed by atoms with Crippen LogP contribution in [0, 0.1) is 17.7 Å². The maximum absolute atomic E-state index is 13.2. The minimum absolute atomic E-state index is 0.000136. The molecule has 4 nitrogen and oxygen atoms in total. The van der Waals surface area contributed by atoms with E-state index in [1.807, 2.05) is 19.9 Å². The van der Waals surface area contributed by atoms with Crippen molar-refractivity contribution in [3.63, 3.8) is 0 Å². The van der Waals surface area contributed by atoms with Gasteiger partial charge in [-0.15, -0.1) is 0 Å². The average Bonchev–Trinajstić information content (AvgIpc) is 2.52. The van der Waals surface area contributed by atoms with E-state index in [2.05, 4.69) is 0 Å². The second-order valence-electron chi connectivity index (χ2n) is 6.52. The predicted octanol–water partition coefficient (Wildman–Crippen LogP) is 3.11. The molecule has 0 bridgehead atoms. The van der Waals surface area contributed by atoms with Gasteiger partial charge in [-0.1, -0.05) is 19.1 Å². The van der Waals surface area contributed by atoms with Gasteiger partial charge in [-0.2, -0.15) is 0 Å². The van der Waals surface area contributed by atoms with E-state index >= 15 is 0 Å². The summed E-state index contributed by atoms with van der Waals surface area (Å²) in [6, 6.07) is 6.49. The van der Waals surface area contributed by atoms with E-state index in [0.29, 0.717) is 25.8 Å². The van der Waals surface area contributed by atoms with Crippen LogP contribution < -0.4 is 0 Å². The first-order valence-electron chi connectivity index (χ1n) is 8.16. The molecule has 1 aromatic carbocycles. The number of aliphatic carboxylic acids is 1. The summed E-state index contributed by atoms with van der Waals surface area (Å²) in [5, 5.41) is 9.17. The van der Waals surface area contributed by atoms with Crippen molar-refractivity contribution in [2.45, 2.75) is 45.6 Å². The van der Waals surface area contributed by atoms with Gasteiger partial charge >= 0.3 is 5.97 Å². The quantitative estimate of drug-likeness (QED) is 0.906. The molecule has 3 unspecified atom stereocenters. The van der Waals surface area contributed by atoms with Gasteiger partial charge in [0.1, 0.15) is 5.82 Å². The van der Waals surface area contributed by atoms with Crippen LogP contribution in [-0.4, -0.2) is 34.5 Å². The summed E-state index contributed by atoms with van der Waals surface area (Å²) < 4.78 is 13.2. The van der Waals surface area contributed by atoms with E-state index in [9.17, 15) is 14.0 Å². The molecular weight excluding hydrogens is 297 g/mol. The molecule has 1 fully saturated rings. The number of nitrogens with zero attached hydrogens (tertiary/aromatic N) is 1. The molecule has 1 aliphatic rings. The number of rotatable bonds is 5. The molecular formula is C18H24FNO3. The van der Waals surface area contributed by atoms with Gasteiger partial charge in [-0.05, 0) is 50.3 Å². The number of halogens is 1. The number of carbonyl (C=O) groups is 2. The van der Waals surface area contributed by atoms with E-state index < -0.39 is 11.9 Å². The maximum atomic E-state index is 13.2. The zero-order valence-electron chi connectivity index (χ0n) is 13.7. The summed E-state index contributed by atoms with van der Waals surface area (Å²) in [6.07, 6.45) is 2.61. The number of benzene rings is 1. The average molecular weight is 321 g/mol. The monoisotopic (exact) mass is 321 g/mol. The molecule has 0 aliphatic carbocycles. The van der Waals surface area contributed by atoms with Crippen molar-refractivity contribution in [1.82, 2.24) is 4.90 Å². The maximum Gasteiger partial charge on any atom is 0.308 e. The van der Waals surface area contributed by atoms with Gasteiger partial charge in [0, 0.05) is 18.5 Å². The van der Waals surface area contributed by atoms with Crippen LogP contribution in [0.15, 0.2) is 24.3 Å². The number of piperidine rings is 1. The number of carbonyl (C=O) groups excluding carboxylic acids is 1. The first-order valence-corrected chi connectivity index (χ1v) is 8.16. The van der Waals surface area contributed by atoms with Crippen LogP contribution in [0.25, 0.3) is 0 Å². The van der Waals surface area contributed by atoms with Gasteiger partial charge in [0.2, 0.25) is 5.91 Å². The van der Waals surface area contributed by atoms with Gasteiger partial charge in [-0.3, -0.25) is 9.59 Å². The number of likely N-dealkylation sites (tertiary alicyclic amines) is 1. The molecule has 126 valence electrons. The van der Waals surface area contributed by atoms with Crippen LogP contribution in [0.5, 0.6) is 0 Å². The summed E-state index contributed by atoms with van der Waals surface area (Å²) in [6.45, 7) is 4.12. The highest BCUT2D eigenvalue weighted by Gasteiger charge is 2.34. The molecule has 0 radical (unpaired) electrons. The Morgan fingerprint density at radius 3 is 2.78 bits per heavy atom. The third-order valence-electron chi connectivity index (χ3n) is 4.69. The lowest BCUT2D eigenvalue weighted by Crippen LogP contribution is -2.49. The zero-order chi connectivity index (χ0) is 17.0. The molecule has 3 atom stereocenters. The van der Waals surface area contributed by atoms with Crippen molar-refractivity contribution < 1.29 is 19.1 Å².